The fourth-order valence-electron chi connectivity index (χ4n) is 3.06. The second-order valence-corrected chi connectivity index (χ2v) is 8.71. The maximum Gasteiger partial charge on any atom is 0.251 e. The van der Waals surface area contributed by atoms with Crippen LogP contribution in [0.4, 0.5) is 0 Å². The molecule has 1 aromatic heterocycles. The maximum atomic E-state index is 12.7. The topological polar surface area (TPSA) is 78.3 Å². The number of nitrogens with zero attached hydrogens (tertiary/aromatic N) is 3. The lowest BCUT2D eigenvalue weighted by atomic mass is 10.1. The van der Waals surface area contributed by atoms with Crippen molar-refractivity contribution in [1.82, 2.24) is 20.1 Å². The number of rotatable bonds is 13. The highest BCUT2D eigenvalue weighted by Crippen LogP contribution is 2.36. The highest BCUT2D eigenvalue weighted by Gasteiger charge is 2.17. The molecule has 2 rings (SSSR count). The maximum absolute atomic E-state index is 12.7. The van der Waals surface area contributed by atoms with Gasteiger partial charge >= 0.3 is 0 Å². The van der Waals surface area contributed by atoms with E-state index in [0.29, 0.717) is 47.8 Å². The van der Waals surface area contributed by atoms with Gasteiger partial charge in [-0.2, -0.15) is 0 Å². The minimum absolute atomic E-state index is 0.196. The van der Waals surface area contributed by atoms with Crippen LogP contribution in [0.15, 0.2) is 17.3 Å². The number of carbonyl (C=O) groups excluding carboxylic acids is 1. The highest BCUT2D eigenvalue weighted by molar-refractivity contribution is 7.98. The molecule has 2 aromatic rings. The van der Waals surface area contributed by atoms with E-state index < -0.39 is 0 Å². The molecular weight excluding hydrogens is 436 g/mol. The second kappa shape index (κ2) is 12.8. The van der Waals surface area contributed by atoms with E-state index in [9.17, 15) is 4.79 Å². The Morgan fingerprint density at radius 3 is 2.68 bits per heavy atom. The summed E-state index contributed by atoms with van der Waals surface area (Å²) in [6, 6.07) is 3.30. The van der Waals surface area contributed by atoms with Gasteiger partial charge in [0.1, 0.15) is 5.82 Å². The number of amides is 1. The summed E-state index contributed by atoms with van der Waals surface area (Å²) in [5.74, 6) is 2.23. The van der Waals surface area contributed by atoms with Gasteiger partial charge in [0.2, 0.25) is 0 Å². The highest BCUT2D eigenvalue weighted by atomic mass is 35.5. The Morgan fingerprint density at radius 1 is 1.26 bits per heavy atom. The number of aryl methyl sites for hydroxylation is 1. The predicted molar refractivity (Wildman–Crippen MR) is 126 cm³/mol. The van der Waals surface area contributed by atoms with Gasteiger partial charge in [0.15, 0.2) is 16.7 Å². The van der Waals surface area contributed by atoms with Gasteiger partial charge in [0, 0.05) is 25.1 Å². The molecule has 9 heteroatoms. The fraction of sp³-hybridized carbons (Fsp3) is 0.591. The van der Waals surface area contributed by atoms with E-state index in [0.717, 1.165) is 36.8 Å². The second-order valence-electron chi connectivity index (χ2n) is 7.53. The molecule has 0 saturated heterocycles. The Hall–Kier alpha value is -1.93. The molecule has 0 saturated carbocycles. The van der Waals surface area contributed by atoms with Gasteiger partial charge in [-0.25, -0.2) is 0 Å². The van der Waals surface area contributed by atoms with Crippen molar-refractivity contribution in [2.45, 2.75) is 58.7 Å². The molecular formula is C22H33ClN4O3S. The zero-order valence-electron chi connectivity index (χ0n) is 19.0. The molecule has 0 aliphatic carbocycles. The molecule has 0 unspecified atom stereocenters. The van der Waals surface area contributed by atoms with Crippen LogP contribution in [0.5, 0.6) is 11.5 Å². The first-order valence-electron chi connectivity index (χ1n) is 10.7. The van der Waals surface area contributed by atoms with Crippen molar-refractivity contribution in [2.75, 3.05) is 26.0 Å². The van der Waals surface area contributed by atoms with Crippen molar-refractivity contribution in [3.05, 3.63) is 28.5 Å². The summed E-state index contributed by atoms with van der Waals surface area (Å²) in [6.07, 6.45) is 4.37. The van der Waals surface area contributed by atoms with Crippen LogP contribution in [-0.4, -0.2) is 46.7 Å². The number of thioether (sulfide) groups is 1. The average molecular weight is 469 g/mol. The van der Waals surface area contributed by atoms with E-state index >= 15 is 0 Å². The largest absolute Gasteiger partial charge is 0.490 e. The minimum Gasteiger partial charge on any atom is -0.490 e. The molecule has 0 spiro atoms. The third-order valence-corrected chi connectivity index (χ3v) is 5.36. The average Bonchev–Trinajstić information content (AvgIpc) is 3.11. The zero-order chi connectivity index (χ0) is 22.8. The van der Waals surface area contributed by atoms with Crippen LogP contribution in [0.1, 0.15) is 56.7 Å². The standard InChI is InChI=1S/C22H33ClN4O3S/c1-6-11-30-20-17(23)12-16(13-18(20)29-7-2)21(28)24-10-8-9-19-25-26-22(31-5)27(19)14-15(3)4/h12-13,15H,6-11,14H2,1-5H3,(H,24,28). The summed E-state index contributed by atoms with van der Waals surface area (Å²) >= 11 is 7.96. The molecule has 1 amide bonds. The number of benzene rings is 1. The van der Waals surface area contributed by atoms with E-state index in [-0.39, 0.29) is 5.91 Å². The summed E-state index contributed by atoms with van der Waals surface area (Å²) in [4.78, 5) is 12.7. The number of hydrogen-bond donors (Lipinski definition) is 1. The molecule has 1 aromatic carbocycles. The Balaban J connectivity index is 1.98. The predicted octanol–water partition coefficient (Wildman–Crippen LogP) is 4.86. The van der Waals surface area contributed by atoms with Crippen LogP contribution in [0.25, 0.3) is 0 Å². The number of halogens is 1. The molecule has 0 atom stereocenters. The third-order valence-electron chi connectivity index (χ3n) is 4.41. The summed E-state index contributed by atoms with van der Waals surface area (Å²) in [7, 11) is 0. The molecule has 0 bridgehead atoms. The molecule has 31 heavy (non-hydrogen) atoms. The summed E-state index contributed by atoms with van der Waals surface area (Å²) in [6.45, 7) is 10.6. The molecule has 172 valence electrons. The summed E-state index contributed by atoms with van der Waals surface area (Å²) in [5.41, 5.74) is 0.449. The lowest BCUT2D eigenvalue weighted by Gasteiger charge is -2.15. The Morgan fingerprint density at radius 2 is 2.03 bits per heavy atom. The van der Waals surface area contributed by atoms with Gasteiger partial charge in [-0.1, -0.05) is 44.1 Å². The number of hydrogen-bond acceptors (Lipinski definition) is 6. The molecule has 1 N–H and O–H groups in total. The van der Waals surface area contributed by atoms with Crippen LogP contribution in [0.2, 0.25) is 5.02 Å². The first-order chi connectivity index (χ1) is 14.9. The monoisotopic (exact) mass is 468 g/mol. The van der Waals surface area contributed by atoms with Gasteiger partial charge in [0.25, 0.3) is 5.91 Å². The lowest BCUT2D eigenvalue weighted by Crippen LogP contribution is -2.25. The minimum atomic E-state index is -0.196. The van der Waals surface area contributed by atoms with Gasteiger partial charge in [-0.05, 0) is 44.1 Å². The van der Waals surface area contributed by atoms with Crippen molar-refractivity contribution in [2.24, 2.45) is 5.92 Å². The summed E-state index contributed by atoms with van der Waals surface area (Å²) in [5, 5.41) is 12.8. The summed E-state index contributed by atoms with van der Waals surface area (Å²) < 4.78 is 13.5. The first kappa shape index (κ1) is 25.3. The number of aromatic nitrogens is 3. The van der Waals surface area contributed by atoms with Crippen molar-refractivity contribution in [1.29, 1.82) is 0 Å². The Bertz CT molecular complexity index is 858. The van der Waals surface area contributed by atoms with Crippen LogP contribution < -0.4 is 14.8 Å². The number of carbonyl (C=O) groups is 1. The van der Waals surface area contributed by atoms with E-state index in [1.807, 2.05) is 20.1 Å². The van der Waals surface area contributed by atoms with Gasteiger partial charge in [-0.15, -0.1) is 10.2 Å². The lowest BCUT2D eigenvalue weighted by molar-refractivity contribution is 0.0952. The molecule has 0 aliphatic rings. The van der Waals surface area contributed by atoms with Gasteiger partial charge < -0.3 is 19.4 Å². The quantitative estimate of drug-likeness (QED) is 0.334. The SMILES string of the molecule is CCCOc1c(Cl)cc(C(=O)NCCCc2nnc(SC)n2CC(C)C)cc1OCC. The van der Waals surface area contributed by atoms with E-state index in [1.165, 1.54) is 0 Å². The van der Waals surface area contributed by atoms with Gasteiger partial charge in [0.05, 0.1) is 18.2 Å². The van der Waals surface area contributed by atoms with Crippen LogP contribution in [-0.2, 0) is 13.0 Å². The number of nitrogens with one attached hydrogen (secondary N) is 1. The molecule has 1 heterocycles. The van der Waals surface area contributed by atoms with E-state index in [1.54, 1.807) is 23.9 Å². The van der Waals surface area contributed by atoms with Crippen LogP contribution >= 0.6 is 23.4 Å². The van der Waals surface area contributed by atoms with Crippen LogP contribution in [0.3, 0.4) is 0 Å². The Kier molecular flexibility index (Phi) is 10.5. The van der Waals surface area contributed by atoms with Crippen molar-refractivity contribution >= 4 is 29.3 Å². The third kappa shape index (κ3) is 7.31. The van der Waals surface area contributed by atoms with E-state index in [2.05, 4.69) is 33.9 Å². The van der Waals surface area contributed by atoms with Gasteiger partial charge in [-0.3, -0.25) is 4.79 Å². The van der Waals surface area contributed by atoms with E-state index in [4.69, 9.17) is 21.1 Å². The van der Waals surface area contributed by atoms with Crippen molar-refractivity contribution < 1.29 is 14.3 Å². The normalized spacial score (nSPS) is 11.1. The number of ether oxygens (including phenoxy) is 2. The van der Waals surface area contributed by atoms with Crippen molar-refractivity contribution in [3.63, 3.8) is 0 Å². The fourth-order valence-corrected chi connectivity index (χ4v) is 3.85. The first-order valence-corrected chi connectivity index (χ1v) is 12.3. The van der Waals surface area contributed by atoms with Crippen LogP contribution in [0, 0.1) is 5.92 Å². The Labute approximate surface area is 194 Å². The molecule has 0 fully saturated rings. The molecule has 0 radical (unpaired) electrons. The zero-order valence-corrected chi connectivity index (χ0v) is 20.6. The molecule has 0 aliphatic heterocycles. The smallest absolute Gasteiger partial charge is 0.251 e. The van der Waals surface area contributed by atoms with Crippen molar-refractivity contribution in [3.8, 4) is 11.5 Å². The molecule has 7 nitrogen and oxygen atoms in total.